The maximum absolute atomic E-state index is 13.0. The minimum atomic E-state index is -0.369. The lowest BCUT2D eigenvalue weighted by Gasteiger charge is -2.21. The predicted molar refractivity (Wildman–Crippen MR) is 80.5 cm³/mol. The van der Waals surface area contributed by atoms with Crippen molar-refractivity contribution < 1.29 is 13.9 Å². The number of nitrogens with one attached hydrogen (secondary N) is 1. The molecule has 0 fully saturated rings. The van der Waals surface area contributed by atoms with Crippen molar-refractivity contribution in [3.05, 3.63) is 57.3 Å². The van der Waals surface area contributed by atoms with Gasteiger partial charge in [-0.15, -0.1) is 0 Å². The van der Waals surface area contributed by atoms with Crippen molar-refractivity contribution in [2.24, 2.45) is 0 Å². The highest BCUT2D eigenvalue weighted by Crippen LogP contribution is 2.32. The molecule has 0 atom stereocenters. The van der Waals surface area contributed by atoms with E-state index in [0.717, 1.165) is 16.9 Å². The second-order valence-electron chi connectivity index (χ2n) is 4.64. The molecule has 2 aromatic rings. The van der Waals surface area contributed by atoms with E-state index < -0.39 is 0 Å². The van der Waals surface area contributed by atoms with Crippen molar-refractivity contribution >= 4 is 28.9 Å². The Kier molecular flexibility index (Phi) is 4.19. The zero-order chi connectivity index (χ0) is 14.8. The van der Waals surface area contributed by atoms with Crippen LogP contribution in [0.25, 0.3) is 0 Å². The molecule has 3 rings (SSSR count). The number of rotatable bonds is 3. The molecule has 0 unspecified atom stereocenters. The molecule has 1 aliphatic heterocycles. The van der Waals surface area contributed by atoms with Crippen molar-refractivity contribution in [3.8, 4) is 5.75 Å². The van der Waals surface area contributed by atoms with Crippen molar-refractivity contribution in [3.63, 3.8) is 0 Å². The van der Waals surface area contributed by atoms with Gasteiger partial charge in [0.1, 0.15) is 11.6 Å². The fraction of sp³-hybridized carbons (Fsp3) is 0.200. The van der Waals surface area contributed by atoms with Gasteiger partial charge in [-0.05, 0) is 30.3 Å². The van der Waals surface area contributed by atoms with Gasteiger partial charge in [-0.1, -0.05) is 23.2 Å². The Labute approximate surface area is 131 Å². The van der Waals surface area contributed by atoms with Gasteiger partial charge in [-0.25, -0.2) is 4.39 Å². The van der Waals surface area contributed by atoms with Crippen molar-refractivity contribution in [1.29, 1.82) is 0 Å². The molecular weight excluding hydrogens is 316 g/mol. The molecule has 0 aliphatic carbocycles. The smallest absolute Gasteiger partial charge is 0.189 e. The molecule has 1 heterocycles. The largest absolute Gasteiger partial charge is 0.467 e. The monoisotopic (exact) mass is 327 g/mol. The van der Waals surface area contributed by atoms with Gasteiger partial charge in [0.25, 0.3) is 0 Å². The van der Waals surface area contributed by atoms with Gasteiger partial charge in [0.15, 0.2) is 6.79 Å². The van der Waals surface area contributed by atoms with Gasteiger partial charge in [0, 0.05) is 22.7 Å². The standard InChI is InChI=1S/C15H12Cl2FNO2/c16-11-3-9(15-10(4-11)7-20-8-21-15)6-19-14-2-1-12(18)5-13(14)17/h1-5,19H,6-8H2. The van der Waals surface area contributed by atoms with Gasteiger partial charge in [0.05, 0.1) is 17.3 Å². The SMILES string of the molecule is Fc1ccc(NCc2cc(Cl)cc3c2OCOC3)c(Cl)c1. The molecule has 3 nitrogen and oxygen atoms in total. The van der Waals surface area contributed by atoms with Gasteiger partial charge in [0.2, 0.25) is 0 Å². The molecule has 0 saturated heterocycles. The lowest BCUT2D eigenvalue weighted by Crippen LogP contribution is -2.14. The van der Waals surface area contributed by atoms with Crippen LogP contribution in [0.4, 0.5) is 10.1 Å². The summed E-state index contributed by atoms with van der Waals surface area (Å²) in [6, 6.07) is 7.87. The average molecular weight is 328 g/mol. The fourth-order valence-electron chi connectivity index (χ4n) is 2.21. The van der Waals surface area contributed by atoms with Gasteiger partial charge in [-0.3, -0.25) is 0 Å². The van der Waals surface area contributed by atoms with Crippen LogP contribution in [0.5, 0.6) is 5.75 Å². The first-order valence-corrected chi connectivity index (χ1v) is 7.10. The van der Waals surface area contributed by atoms with Crippen LogP contribution in [-0.2, 0) is 17.9 Å². The van der Waals surface area contributed by atoms with Crippen LogP contribution in [-0.4, -0.2) is 6.79 Å². The van der Waals surface area contributed by atoms with Gasteiger partial charge in [-0.2, -0.15) is 0 Å². The first-order valence-electron chi connectivity index (χ1n) is 6.34. The van der Waals surface area contributed by atoms with Crippen molar-refractivity contribution in [1.82, 2.24) is 0 Å². The zero-order valence-electron chi connectivity index (χ0n) is 11.0. The Hall–Kier alpha value is -1.49. The number of anilines is 1. The molecule has 2 aromatic carbocycles. The summed E-state index contributed by atoms with van der Waals surface area (Å²) in [4.78, 5) is 0. The summed E-state index contributed by atoms with van der Waals surface area (Å²) in [7, 11) is 0. The number of fused-ring (bicyclic) bond motifs is 1. The van der Waals surface area contributed by atoms with E-state index in [-0.39, 0.29) is 12.6 Å². The molecule has 0 aromatic heterocycles. The van der Waals surface area contributed by atoms with E-state index in [1.165, 1.54) is 12.1 Å². The molecule has 0 amide bonds. The first-order chi connectivity index (χ1) is 10.1. The Morgan fingerprint density at radius 2 is 2.05 bits per heavy atom. The lowest BCUT2D eigenvalue weighted by atomic mass is 10.1. The van der Waals surface area contributed by atoms with Gasteiger partial charge >= 0.3 is 0 Å². The molecule has 1 aliphatic rings. The summed E-state index contributed by atoms with van der Waals surface area (Å²) >= 11 is 12.1. The quantitative estimate of drug-likeness (QED) is 0.892. The number of hydrogen-bond donors (Lipinski definition) is 1. The molecule has 6 heteroatoms. The second kappa shape index (κ2) is 6.10. The molecule has 0 spiro atoms. The van der Waals surface area contributed by atoms with E-state index in [4.69, 9.17) is 32.7 Å². The molecule has 0 bridgehead atoms. The first kappa shape index (κ1) is 14.4. The third-order valence-corrected chi connectivity index (χ3v) is 3.68. The van der Waals surface area contributed by atoms with Crippen LogP contribution >= 0.6 is 23.2 Å². The molecule has 0 saturated carbocycles. The number of hydrogen-bond acceptors (Lipinski definition) is 3. The summed E-state index contributed by atoms with van der Waals surface area (Å²) in [6.07, 6.45) is 0. The molecule has 110 valence electrons. The molecule has 0 radical (unpaired) electrons. The normalized spacial score (nSPS) is 13.5. The van der Waals surface area contributed by atoms with Crippen molar-refractivity contribution in [2.75, 3.05) is 12.1 Å². The van der Waals surface area contributed by atoms with E-state index in [1.807, 2.05) is 12.1 Å². The molecule has 1 N–H and O–H groups in total. The van der Waals surface area contributed by atoms with Gasteiger partial charge < -0.3 is 14.8 Å². The van der Waals surface area contributed by atoms with E-state index >= 15 is 0 Å². The topological polar surface area (TPSA) is 30.5 Å². The molecule has 21 heavy (non-hydrogen) atoms. The minimum absolute atomic E-state index is 0.221. The third kappa shape index (κ3) is 3.23. The lowest BCUT2D eigenvalue weighted by molar-refractivity contribution is -0.0169. The summed E-state index contributed by atoms with van der Waals surface area (Å²) < 4.78 is 23.8. The highest BCUT2D eigenvalue weighted by molar-refractivity contribution is 6.33. The number of halogens is 3. The van der Waals surface area contributed by atoms with E-state index in [1.54, 1.807) is 6.07 Å². The number of ether oxygens (including phenoxy) is 2. The summed E-state index contributed by atoms with van der Waals surface area (Å²) in [5.74, 6) is 0.405. The zero-order valence-corrected chi connectivity index (χ0v) is 12.5. The average Bonchev–Trinajstić information content (AvgIpc) is 2.46. The van der Waals surface area contributed by atoms with Crippen LogP contribution in [0, 0.1) is 5.82 Å². The minimum Gasteiger partial charge on any atom is -0.467 e. The summed E-state index contributed by atoms with van der Waals surface area (Å²) in [5.41, 5.74) is 2.47. The van der Waals surface area contributed by atoms with Crippen LogP contribution in [0.2, 0.25) is 10.0 Å². The molecular formula is C15H12Cl2FNO2. The summed E-state index contributed by atoms with van der Waals surface area (Å²) in [5, 5.41) is 4.10. The highest BCUT2D eigenvalue weighted by Gasteiger charge is 2.16. The maximum atomic E-state index is 13.0. The predicted octanol–water partition coefficient (Wildman–Crippen LogP) is 4.61. The van der Waals surface area contributed by atoms with E-state index in [2.05, 4.69) is 5.32 Å². The van der Waals surface area contributed by atoms with Crippen LogP contribution in [0.3, 0.4) is 0 Å². The van der Waals surface area contributed by atoms with Crippen LogP contribution in [0.1, 0.15) is 11.1 Å². The van der Waals surface area contributed by atoms with E-state index in [9.17, 15) is 4.39 Å². The van der Waals surface area contributed by atoms with Crippen LogP contribution < -0.4 is 10.1 Å². The highest BCUT2D eigenvalue weighted by atomic mass is 35.5. The number of benzene rings is 2. The Morgan fingerprint density at radius 3 is 2.86 bits per heavy atom. The maximum Gasteiger partial charge on any atom is 0.189 e. The fourth-order valence-corrected chi connectivity index (χ4v) is 2.71. The Balaban J connectivity index is 1.83. The summed E-state index contributed by atoms with van der Waals surface area (Å²) in [6.45, 7) is 1.16. The third-order valence-electron chi connectivity index (χ3n) is 3.15. The Morgan fingerprint density at radius 1 is 1.19 bits per heavy atom. The van der Waals surface area contributed by atoms with Crippen LogP contribution in [0.15, 0.2) is 30.3 Å². The second-order valence-corrected chi connectivity index (χ2v) is 5.49. The Bertz CT molecular complexity index is 679. The van der Waals surface area contributed by atoms with Crippen molar-refractivity contribution in [2.45, 2.75) is 13.2 Å². The van der Waals surface area contributed by atoms with E-state index in [0.29, 0.717) is 28.9 Å².